The highest BCUT2D eigenvalue weighted by Gasteiger charge is 2.32. The fraction of sp³-hybridized carbons (Fsp3) is 0.769. The first-order valence-corrected chi connectivity index (χ1v) is 6.94. The number of carboxylic acids is 1. The molecule has 20 heavy (non-hydrogen) atoms. The van der Waals surface area contributed by atoms with Gasteiger partial charge in [-0.05, 0) is 13.5 Å². The first-order chi connectivity index (χ1) is 9.47. The van der Waals surface area contributed by atoms with E-state index in [0.717, 1.165) is 13.1 Å². The Kier molecular flexibility index (Phi) is 4.59. The number of carbonyl (C=O) groups excluding carboxylic acids is 2. The second-order valence-corrected chi connectivity index (χ2v) is 5.53. The Bertz CT molecular complexity index is 404. The zero-order valence-corrected chi connectivity index (χ0v) is 11.7. The minimum atomic E-state index is -0.894. The van der Waals surface area contributed by atoms with Crippen LogP contribution in [-0.4, -0.2) is 83.9 Å². The van der Waals surface area contributed by atoms with Crippen LogP contribution in [0.5, 0.6) is 0 Å². The third kappa shape index (κ3) is 3.47. The molecule has 1 unspecified atom stereocenters. The van der Waals surface area contributed by atoms with Crippen LogP contribution in [0.25, 0.3) is 0 Å². The number of likely N-dealkylation sites (N-methyl/N-ethyl adjacent to an activating group) is 1. The van der Waals surface area contributed by atoms with E-state index in [2.05, 4.69) is 4.90 Å². The van der Waals surface area contributed by atoms with Crippen LogP contribution < -0.4 is 0 Å². The van der Waals surface area contributed by atoms with Gasteiger partial charge in [-0.25, -0.2) is 0 Å². The van der Waals surface area contributed by atoms with Gasteiger partial charge in [0.05, 0.1) is 12.5 Å². The number of amides is 2. The quantitative estimate of drug-likeness (QED) is 0.725. The van der Waals surface area contributed by atoms with Crippen LogP contribution in [0, 0.1) is 5.92 Å². The van der Waals surface area contributed by atoms with Crippen LogP contribution in [0.3, 0.4) is 0 Å². The van der Waals surface area contributed by atoms with E-state index in [1.807, 2.05) is 7.05 Å². The molecule has 112 valence electrons. The van der Waals surface area contributed by atoms with Crippen molar-refractivity contribution in [3.05, 3.63) is 0 Å². The maximum absolute atomic E-state index is 12.2. The highest BCUT2D eigenvalue weighted by atomic mass is 16.4. The summed E-state index contributed by atoms with van der Waals surface area (Å²) >= 11 is 0. The maximum Gasteiger partial charge on any atom is 0.308 e. The molecule has 2 aliphatic rings. The van der Waals surface area contributed by atoms with Crippen LogP contribution in [0.15, 0.2) is 0 Å². The SMILES string of the molecule is CN1CCN(C(=O)CN2CC(C(=O)O)CCC2=O)CC1. The number of piperidine rings is 1. The minimum absolute atomic E-state index is 0.00628. The highest BCUT2D eigenvalue weighted by Crippen LogP contribution is 2.18. The number of piperazine rings is 1. The van der Waals surface area contributed by atoms with Crippen molar-refractivity contribution < 1.29 is 19.5 Å². The van der Waals surface area contributed by atoms with Gasteiger partial charge in [-0.1, -0.05) is 0 Å². The number of aliphatic carboxylic acids is 1. The molecule has 2 saturated heterocycles. The monoisotopic (exact) mass is 283 g/mol. The van der Waals surface area contributed by atoms with Gasteiger partial charge in [0, 0.05) is 39.1 Å². The summed E-state index contributed by atoms with van der Waals surface area (Å²) in [6.45, 7) is 3.15. The topological polar surface area (TPSA) is 81.2 Å². The summed E-state index contributed by atoms with van der Waals surface area (Å²) in [4.78, 5) is 40.2. The van der Waals surface area contributed by atoms with Crippen molar-refractivity contribution >= 4 is 17.8 Å². The van der Waals surface area contributed by atoms with Crippen LogP contribution in [-0.2, 0) is 14.4 Å². The van der Waals surface area contributed by atoms with Crippen molar-refractivity contribution in [1.82, 2.24) is 14.7 Å². The molecule has 0 aromatic heterocycles. The molecule has 2 aliphatic heterocycles. The Hall–Kier alpha value is -1.63. The average molecular weight is 283 g/mol. The van der Waals surface area contributed by atoms with Gasteiger partial charge in [0.25, 0.3) is 0 Å². The molecule has 0 saturated carbocycles. The molecule has 0 aromatic carbocycles. The van der Waals surface area contributed by atoms with E-state index in [-0.39, 0.29) is 31.3 Å². The molecule has 0 bridgehead atoms. The van der Waals surface area contributed by atoms with E-state index in [0.29, 0.717) is 19.5 Å². The fourth-order valence-corrected chi connectivity index (χ4v) is 2.59. The maximum atomic E-state index is 12.2. The summed E-state index contributed by atoms with van der Waals surface area (Å²) in [5.74, 6) is -1.65. The lowest BCUT2D eigenvalue weighted by Crippen LogP contribution is -2.52. The first kappa shape index (κ1) is 14.8. The Labute approximate surface area is 118 Å². The minimum Gasteiger partial charge on any atom is -0.481 e. The molecule has 0 aromatic rings. The number of carboxylic acid groups (broad SMARTS) is 1. The highest BCUT2D eigenvalue weighted by molar-refractivity contribution is 5.86. The number of hydrogen-bond acceptors (Lipinski definition) is 4. The summed E-state index contributed by atoms with van der Waals surface area (Å²) in [7, 11) is 2.01. The van der Waals surface area contributed by atoms with Crippen molar-refractivity contribution in [2.75, 3.05) is 46.3 Å². The third-order valence-electron chi connectivity index (χ3n) is 4.03. The van der Waals surface area contributed by atoms with E-state index in [1.54, 1.807) is 4.90 Å². The number of likely N-dealkylation sites (tertiary alicyclic amines) is 1. The Morgan fingerprint density at radius 1 is 1.25 bits per heavy atom. The van der Waals surface area contributed by atoms with E-state index < -0.39 is 11.9 Å². The standard InChI is InChI=1S/C13H21N3O4/c1-14-4-6-15(7-5-14)12(18)9-16-8-10(13(19)20)2-3-11(16)17/h10H,2-9H2,1H3,(H,19,20). The summed E-state index contributed by atoms with van der Waals surface area (Å²) < 4.78 is 0. The normalized spacial score (nSPS) is 24.9. The fourth-order valence-electron chi connectivity index (χ4n) is 2.59. The van der Waals surface area contributed by atoms with Gasteiger partial charge in [-0.15, -0.1) is 0 Å². The predicted octanol–water partition coefficient (Wildman–Crippen LogP) is -0.916. The lowest BCUT2D eigenvalue weighted by molar-refractivity contribution is -0.150. The summed E-state index contributed by atoms with van der Waals surface area (Å²) in [5.41, 5.74) is 0. The predicted molar refractivity (Wildman–Crippen MR) is 71.0 cm³/mol. The van der Waals surface area contributed by atoms with Gasteiger partial charge < -0.3 is 19.8 Å². The number of carbonyl (C=O) groups is 3. The zero-order valence-electron chi connectivity index (χ0n) is 11.7. The first-order valence-electron chi connectivity index (χ1n) is 6.94. The zero-order chi connectivity index (χ0) is 14.7. The van der Waals surface area contributed by atoms with Crippen LogP contribution in [0.2, 0.25) is 0 Å². The summed E-state index contributed by atoms with van der Waals surface area (Å²) in [5, 5.41) is 9.02. The van der Waals surface area contributed by atoms with E-state index in [9.17, 15) is 14.4 Å². The molecule has 2 fully saturated rings. The molecule has 1 N–H and O–H groups in total. The molecule has 7 nitrogen and oxygen atoms in total. The molecule has 7 heteroatoms. The largest absolute Gasteiger partial charge is 0.481 e. The molecular formula is C13H21N3O4. The van der Waals surface area contributed by atoms with E-state index in [1.165, 1.54) is 4.90 Å². The van der Waals surface area contributed by atoms with Crippen molar-refractivity contribution in [2.24, 2.45) is 5.92 Å². The second-order valence-electron chi connectivity index (χ2n) is 5.53. The van der Waals surface area contributed by atoms with Gasteiger partial charge in [0.15, 0.2) is 0 Å². The van der Waals surface area contributed by atoms with Gasteiger partial charge in [-0.2, -0.15) is 0 Å². The molecule has 0 radical (unpaired) electrons. The molecule has 0 aliphatic carbocycles. The summed E-state index contributed by atoms with van der Waals surface area (Å²) in [6.07, 6.45) is 0.584. The number of nitrogens with zero attached hydrogens (tertiary/aromatic N) is 3. The average Bonchev–Trinajstić information content (AvgIpc) is 2.41. The molecule has 2 heterocycles. The molecule has 1 atom stereocenters. The van der Waals surface area contributed by atoms with Gasteiger partial charge >= 0.3 is 5.97 Å². The lowest BCUT2D eigenvalue weighted by atomic mass is 9.98. The third-order valence-corrected chi connectivity index (χ3v) is 4.03. The Balaban J connectivity index is 1.89. The summed E-state index contributed by atoms with van der Waals surface area (Å²) in [6, 6.07) is 0. The van der Waals surface area contributed by atoms with Crippen LogP contribution >= 0.6 is 0 Å². The Morgan fingerprint density at radius 3 is 2.50 bits per heavy atom. The number of rotatable bonds is 3. The van der Waals surface area contributed by atoms with Crippen molar-refractivity contribution in [3.8, 4) is 0 Å². The van der Waals surface area contributed by atoms with E-state index in [4.69, 9.17) is 5.11 Å². The Morgan fingerprint density at radius 2 is 1.90 bits per heavy atom. The van der Waals surface area contributed by atoms with Crippen molar-refractivity contribution in [1.29, 1.82) is 0 Å². The van der Waals surface area contributed by atoms with Crippen LogP contribution in [0.4, 0.5) is 0 Å². The van der Waals surface area contributed by atoms with Gasteiger partial charge in [0.1, 0.15) is 0 Å². The van der Waals surface area contributed by atoms with E-state index >= 15 is 0 Å². The van der Waals surface area contributed by atoms with Gasteiger partial charge in [0.2, 0.25) is 11.8 Å². The van der Waals surface area contributed by atoms with Crippen LogP contribution in [0.1, 0.15) is 12.8 Å². The van der Waals surface area contributed by atoms with Crippen molar-refractivity contribution in [2.45, 2.75) is 12.8 Å². The lowest BCUT2D eigenvalue weighted by Gasteiger charge is -2.35. The molecule has 2 amide bonds. The molecule has 0 spiro atoms. The smallest absolute Gasteiger partial charge is 0.308 e. The second kappa shape index (κ2) is 6.21. The molecule has 2 rings (SSSR count). The van der Waals surface area contributed by atoms with Crippen molar-refractivity contribution in [3.63, 3.8) is 0 Å². The van der Waals surface area contributed by atoms with Gasteiger partial charge in [-0.3, -0.25) is 14.4 Å². The number of hydrogen-bond donors (Lipinski definition) is 1. The molecular weight excluding hydrogens is 262 g/mol.